The van der Waals surface area contributed by atoms with E-state index in [0.29, 0.717) is 30.5 Å². The van der Waals surface area contributed by atoms with Crippen molar-refractivity contribution in [2.75, 3.05) is 18.0 Å². The third-order valence-electron chi connectivity index (χ3n) is 4.75. The fourth-order valence-electron chi connectivity index (χ4n) is 3.27. The Morgan fingerprint density at radius 3 is 2.72 bits per heavy atom. The van der Waals surface area contributed by atoms with Crippen LogP contribution in [0.4, 0.5) is 5.82 Å². The van der Waals surface area contributed by atoms with Gasteiger partial charge in [0.2, 0.25) is 0 Å². The number of rotatable bonds is 6. The molecule has 5 heteroatoms. The van der Waals surface area contributed by atoms with Crippen LogP contribution in [0.2, 0.25) is 0 Å². The standard InChI is InChI=1S/C20H26N4O/c1-14(2)19-6-5-16(12-21-19)10-18(25)11-17-8-9-24(13-17)20-7-4-15(3)22-23-20/h4-7,12,14,17H,8-11,13H2,1-3H3/t17-/m1/s1. The van der Waals surface area contributed by atoms with Crippen LogP contribution in [-0.4, -0.2) is 34.1 Å². The Balaban J connectivity index is 1.51. The number of anilines is 1. The zero-order chi connectivity index (χ0) is 17.8. The number of ketones is 1. The van der Waals surface area contributed by atoms with E-state index < -0.39 is 0 Å². The molecule has 1 aliphatic heterocycles. The Hall–Kier alpha value is -2.30. The van der Waals surface area contributed by atoms with Crippen molar-refractivity contribution < 1.29 is 4.79 Å². The number of aryl methyl sites for hydroxylation is 1. The third kappa shape index (κ3) is 4.62. The second kappa shape index (κ2) is 7.72. The van der Waals surface area contributed by atoms with Gasteiger partial charge in [-0.15, -0.1) is 5.10 Å². The number of carbonyl (C=O) groups excluding carboxylic acids is 1. The normalized spacial score (nSPS) is 17.3. The summed E-state index contributed by atoms with van der Waals surface area (Å²) in [6.07, 6.45) is 3.98. The van der Waals surface area contributed by atoms with Crippen molar-refractivity contribution >= 4 is 11.6 Å². The Kier molecular flexibility index (Phi) is 5.41. The van der Waals surface area contributed by atoms with Crippen molar-refractivity contribution in [3.8, 4) is 0 Å². The lowest BCUT2D eigenvalue weighted by Gasteiger charge is -2.16. The first-order valence-electron chi connectivity index (χ1n) is 9.03. The zero-order valence-electron chi connectivity index (χ0n) is 15.3. The van der Waals surface area contributed by atoms with Crippen LogP contribution in [0.5, 0.6) is 0 Å². The molecule has 0 N–H and O–H groups in total. The Morgan fingerprint density at radius 2 is 2.08 bits per heavy atom. The van der Waals surface area contributed by atoms with E-state index in [-0.39, 0.29) is 0 Å². The molecule has 132 valence electrons. The number of hydrogen-bond donors (Lipinski definition) is 0. The highest BCUT2D eigenvalue weighted by Gasteiger charge is 2.25. The second-order valence-electron chi connectivity index (χ2n) is 7.30. The first-order valence-corrected chi connectivity index (χ1v) is 9.03. The molecule has 0 saturated carbocycles. The summed E-state index contributed by atoms with van der Waals surface area (Å²) >= 11 is 0. The van der Waals surface area contributed by atoms with E-state index in [0.717, 1.165) is 42.3 Å². The lowest BCUT2D eigenvalue weighted by molar-refractivity contribution is -0.119. The minimum Gasteiger partial charge on any atom is -0.355 e. The molecule has 2 aromatic heterocycles. The van der Waals surface area contributed by atoms with Crippen LogP contribution in [0.25, 0.3) is 0 Å². The van der Waals surface area contributed by atoms with E-state index in [1.807, 2.05) is 37.4 Å². The minimum atomic E-state index is 0.293. The summed E-state index contributed by atoms with van der Waals surface area (Å²) in [4.78, 5) is 19.1. The molecule has 25 heavy (non-hydrogen) atoms. The van der Waals surface area contributed by atoms with Crippen LogP contribution in [-0.2, 0) is 11.2 Å². The van der Waals surface area contributed by atoms with Gasteiger partial charge in [0.15, 0.2) is 5.82 Å². The largest absolute Gasteiger partial charge is 0.355 e. The molecule has 0 radical (unpaired) electrons. The van der Waals surface area contributed by atoms with Crippen LogP contribution in [0, 0.1) is 12.8 Å². The summed E-state index contributed by atoms with van der Waals surface area (Å²) in [6.45, 7) is 8.01. The number of Topliss-reactive ketones (excluding diaryl/α,β-unsaturated/α-hetero) is 1. The predicted octanol–water partition coefficient (Wildman–Crippen LogP) is 3.33. The van der Waals surface area contributed by atoms with E-state index in [4.69, 9.17) is 0 Å². The van der Waals surface area contributed by atoms with Gasteiger partial charge in [0, 0.05) is 37.8 Å². The molecule has 0 aliphatic carbocycles. The molecular weight excluding hydrogens is 312 g/mol. The fourth-order valence-corrected chi connectivity index (χ4v) is 3.27. The van der Waals surface area contributed by atoms with Gasteiger partial charge in [-0.3, -0.25) is 9.78 Å². The van der Waals surface area contributed by atoms with Crippen LogP contribution in [0.15, 0.2) is 30.5 Å². The molecule has 0 bridgehead atoms. The van der Waals surface area contributed by atoms with Gasteiger partial charge in [-0.1, -0.05) is 19.9 Å². The van der Waals surface area contributed by atoms with E-state index in [1.165, 1.54) is 0 Å². The summed E-state index contributed by atoms with van der Waals surface area (Å²) in [5, 5.41) is 8.37. The first kappa shape index (κ1) is 17.5. The molecule has 3 heterocycles. The summed E-state index contributed by atoms with van der Waals surface area (Å²) < 4.78 is 0. The zero-order valence-corrected chi connectivity index (χ0v) is 15.3. The third-order valence-corrected chi connectivity index (χ3v) is 4.75. The maximum Gasteiger partial charge on any atom is 0.151 e. The van der Waals surface area contributed by atoms with Gasteiger partial charge in [0.05, 0.1) is 5.69 Å². The molecule has 5 nitrogen and oxygen atoms in total. The smallest absolute Gasteiger partial charge is 0.151 e. The lowest BCUT2D eigenvalue weighted by Crippen LogP contribution is -2.22. The topological polar surface area (TPSA) is 59.0 Å². The molecule has 1 saturated heterocycles. The van der Waals surface area contributed by atoms with E-state index in [2.05, 4.69) is 33.9 Å². The highest BCUT2D eigenvalue weighted by atomic mass is 16.1. The highest BCUT2D eigenvalue weighted by Crippen LogP contribution is 2.24. The van der Waals surface area contributed by atoms with Crippen molar-refractivity contribution in [2.24, 2.45) is 5.92 Å². The Morgan fingerprint density at radius 1 is 1.24 bits per heavy atom. The predicted molar refractivity (Wildman–Crippen MR) is 98.7 cm³/mol. The van der Waals surface area contributed by atoms with Gasteiger partial charge in [0.1, 0.15) is 5.78 Å². The molecule has 2 aromatic rings. The van der Waals surface area contributed by atoms with Crippen LogP contribution >= 0.6 is 0 Å². The maximum absolute atomic E-state index is 12.4. The summed E-state index contributed by atoms with van der Waals surface area (Å²) in [5.41, 5.74) is 3.00. The SMILES string of the molecule is Cc1ccc(N2CC[C@H](CC(=O)Cc3ccc(C(C)C)nc3)C2)nn1. The van der Waals surface area contributed by atoms with Crippen molar-refractivity contribution in [3.63, 3.8) is 0 Å². The van der Waals surface area contributed by atoms with Gasteiger partial charge in [-0.25, -0.2) is 0 Å². The van der Waals surface area contributed by atoms with Gasteiger partial charge in [0.25, 0.3) is 0 Å². The first-order chi connectivity index (χ1) is 12.0. The van der Waals surface area contributed by atoms with E-state index in [9.17, 15) is 4.79 Å². The molecule has 3 rings (SSSR count). The van der Waals surface area contributed by atoms with Gasteiger partial charge >= 0.3 is 0 Å². The van der Waals surface area contributed by atoms with Crippen LogP contribution in [0.1, 0.15) is 49.6 Å². The quantitative estimate of drug-likeness (QED) is 0.808. The van der Waals surface area contributed by atoms with Crippen molar-refractivity contribution in [1.29, 1.82) is 0 Å². The molecular formula is C20H26N4O. The summed E-state index contributed by atoms with van der Waals surface area (Å²) in [7, 11) is 0. The van der Waals surface area contributed by atoms with Gasteiger partial charge in [-0.2, -0.15) is 5.10 Å². The maximum atomic E-state index is 12.4. The molecule has 0 aromatic carbocycles. The second-order valence-corrected chi connectivity index (χ2v) is 7.30. The monoisotopic (exact) mass is 338 g/mol. The molecule has 1 aliphatic rings. The van der Waals surface area contributed by atoms with Crippen molar-refractivity contribution in [3.05, 3.63) is 47.4 Å². The fraction of sp³-hybridized carbons (Fsp3) is 0.500. The Bertz CT molecular complexity index is 709. The molecule has 0 amide bonds. The number of pyridine rings is 1. The minimum absolute atomic E-state index is 0.293. The Labute approximate surface area is 149 Å². The van der Waals surface area contributed by atoms with Crippen LogP contribution < -0.4 is 4.90 Å². The highest BCUT2D eigenvalue weighted by molar-refractivity contribution is 5.81. The average molecular weight is 338 g/mol. The summed E-state index contributed by atoms with van der Waals surface area (Å²) in [5.74, 6) is 2.02. The number of hydrogen-bond acceptors (Lipinski definition) is 5. The lowest BCUT2D eigenvalue weighted by atomic mass is 9.98. The van der Waals surface area contributed by atoms with Gasteiger partial charge < -0.3 is 4.90 Å². The van der Waals surface area contributed by atoms with E-state index >= 15 is 0 Å². The average Bonchev–Trinajstić information content (AvgIpc) is 3.04. The molecule has 1 fully saturated rings. The van der Waals surface area contributed by atoms with Crippen molar-refractivity contribution in [2.45, 2.75) is 46.0 Å². The number of aromatic nitrogens is 3. The van der Waals surface area contributed by atoms with Crippen LogP contribution in [0.3, 0.4) is 0 Å². The number of nitrogens with zero attached hydrogens (tertiary/aromatic N) is 4. The van der Waals surface area contributed by atoms with E-state index in [1.54, 1.807) is 0 Å². The van der Waals surface area contributed by atoms with Gasteiger partial charge in [-0.05, 0) is 48.9 Å². The summed E-state index contributed by atoms with van der Waals surface area (Å²) in [6, 6.07) is 8.05. The molecule has 0 spiro atoms. The number of carbonyl (C=O) groups is 1. The van der Waals surface area contributed by atoms with Crippen molar-refractivity contribution in [1.82, 2.24) is 15.2 Å². The molecule has 0 unspecified atom stereocenters. The molecule has 1 atom stereocenters.